The second-order valence-corrected chi connectivity index (χ2v) is 11.4. The summed E-state index contributed by atoms with van der Waals surface area (Å²) in [6.07, 6.45) is 0.572. The van der Waals surface area contributed by atoms with Gasteiger partial charge in [-0.15, -0.1) is 15.3 Å². The van der Waals surface area contributed by atoms with Gasteiger partial charge in [-0.3, -0.25) is 10.7 Å². The van der Waals surface area contributed by atoms with Gasteiger partial charge in [0.05, 0.1) is 5.25 Å². The Labute approximate surface area is 226 Å². The number of carbonyl (C=O) groups is 1. The molecule has 0 aliphatic carbocycles. The number of carbonyl (C=O) groups excluding carboxylic acids is 1. The maximum Gasteiger partial charge on any atom is 0.325 e. The van der Waals surface area contributed by atoms with Crippen LogP contribution in [0.1, 0.15) is 33.3 Å². The Balaban J connectivity index is 1.33. The standard InChI is InChI=1S/C24H26N8O2S3/c1-4-35-18(20-30-31-23(37-20)28-22(33)27-17-11-7-15(3)8-12-17)13-19-29-32-24(36-19)34-21(25)26-16-9-5-14(2)6-10-16/h5-12,18H,4,13H2,1-3H3,(H2,25,26)(H2,27,28,31,33). The summed E-state index contributed by atoms with van der Waals surface area (Å²) in [7, 11) is 0. The molecule has 4 aromatic rings. The molecule has 10 nitrogen and oxygen atoms in total. The van der Waals surface area contributed by atoms with Gasteiger partial charge in [0.15, 0.2) is 0 Å². The average molecular weight is 555 g/mol. The molecule has 0 fully saturated rings. The molecule has 2 heterocycles. The van der Waals surface area contributed by atoms with Crippen LogP contribution in [-0.2, 0) is 6.42 Å². The molecule has 192 valence electrons. The number of amidine groups is 1. The van der Waals surface area contributed by atoms with Crippen LogP contribution in [0, 0.1) is 19.3 Å². The lowest BCUT2D eigenvalue weighted by Gasteiger charge is -2.10. The first-order valence-corrected chi connectivity index (χ1v) is 14.1. The van der Waals surface area contributed by atoms with E-state index in [9.17, 15) is 4.79 Å². The van der Waals surface area contributed by atoms with Crippen molar-refractivity contribution < 1.29 is 9.53 Å². The number of benzene rings is 2. The molecule has 4 N–H and O–H groups in total. The summed E-state index contributed by atoms with van der Waals surface area (Å²) in [5, 5.41) is 35.4. The van der Waals surface area contributed by atoms with Crippen molar-refractivity contribution in [1.82, 2.24) is 20.4 Å². The zero-order valence-corrected chi connectivity index (χ0v) is 22.9. The number of aryl methyl sites for hydroxylation is 2. The van der Waals surface area contributed by atoms with E-state index in [-0.39, 0.29) is 22.5 Å². The largest absolute Gasteiger partial charge is 0.396 e. The fourth-order valence-corrected chi connectivity index (χ4v) is 5.91. The maximum atomic E-state index is 12.3. The van der Waals surface area contributed by atoms with Crippen LogP contribution in [0.15, 0.2) is 48.5 Å². The van der Waals surface area contributed by atoms with Crippen LogP contribution in [0.3, 0.4) is 0 Å². The summed E-state index contributed by atoms with van der Waals surface area (Å²) in [6, 6.07) is 14.7. The summed E-state index contributed by atoms with van der Waals surface area (Å²) in [5.41, 5.74) is 3.71. The summed E-state index contributed by atoms with van der Waals surface area (Å²) in [4.78, 5) is 12.3. The number of hydrogen-bond acceptors (Lipinski definition) is 10. The number of hydrogen-bond donors (Lipinski definition) is 4. The van der Waals surface area contributed by atoms with Crippen molar-refractivity contribution in [2.75, 3.05) is 21.7 Å². The van der Waals surface area contributed by atoms with Gasteiger partial charge < -0.3 is 15.4 Å². The number of thioether (sulfide) groups is 1. The summed E-state index contributed by atoms with van der Waals surface area (Å²) >= 11 is 4.32. The third-order valence-electron chi connectivity index (χ3n) is 4.92. The second-order valence-electron chi connectivity index (χ2n) is 7.92. The van der Waals surface area contributed by atoms with Crippen LogP contribution in [0.4, 0.5) is 21.3 Å². The molecule has 4 rings (SSSR count). The van der Waals surface area contributed by atoms with Crippen LogP contribution in [0.2, 0.25) is 0 Å². The number of ether oxygens (including phenoxy) is 1. The molecule has 37 heavy (non-hydrogen) atoms. The van der Waals surface area contributed by atoms with E-state index < -0.39 is 0 Å². The van der Waals surface area contributed by atoms with Crippen molar-refractivity contribution in [3.8, 4) is 5.19 Å². The smallest absolute Gasteiger partial charge is 0.325 e. The van der Waals surface area contributed by atoms with Crippen LogP contribution in [0.25, 0.3) is 0 Å². The average Bonchev–Trinajstić information content (AvgIpc) is 3.51. The molecule has 2 aromatic heterocycles. The van der Waals surface area contributed by atoms with Crippen molar-refractivity contribution in [1.29, 1.82) is 5.41 Å². The van der Waals surface area contributed by atoms with Gasteiger partial charge in [0.25, 0.3) is 6.02 Å². The monoisotopic (exact) mass is 554 g/mol. The van der Waals surface area contributed by atoms with Gasteiger partial charge in [-0.05, 0) is 43.9 Å². The lowest BCUT2D eigenvalue weighted by molar-refractivity contribution is 0.262. The van der Waals surface area contributed by atoms with E-state index in [1.165, 1.54) is 22.7 Å². The quantitative estimate of drug-likeness (QED) is 0.144. The van der Waals surface area contributed by atoms with Gasteiger partial charge in [0.1, 0.15) is 10.0 Å². The zero-order valence-electron chi connectivity index (χ0n) is 20.4. The molecule has 0 aliphatic rings. The normalized spacial score (nSPS) is 11.5. The van der Waals surface area contributed by atoms with E-state index in [2.05, 4.69) is 43.3 Å². The molecule has 1 atom stereocenters. The van der Waals surface area contributed by atoms with Crippen LogP contribution in [0.5, 0.6) is 5.19 Å². The van der Waals surface area contributed by atoms with Gasteiger partial charge in [-0.1, -0.05) is 70.1 Å². The Morgan fingerprint density at radius 2 is 1.57 bits per heavy atom. The van der Waals surface area contributed by atoms with Gasteiger partial charge in [0.2, 0.25) is 5.13 Å². The molecule has 0 spiro atoms. The Hall–Kier alpha value is -3.55. The first-order valence-electron chi connectivity index (χ1n) is 11.4. The summed E-state index contributed by atoms with van der Waals surface area (Å²) in [6.45, 7) is 6.06. The highest BCUT2D eigenvalue weighted by atomic mass is 32.2. The molecule has 2 aromatic carbocycles. The van der Waals surface area contributed by atoms with E-state index in [0.717, 1.165) is 32.6 Å². The molecule has 0 radical (unpaired) electrons. The highest BCUT2D eigenvalue weighted by Crippen LogP contribution is 2.36. The molecule has 13 heteroatoms. The minimum absolute atomic E-state index is 0.0101. The van der Waals surface area contributed by atoms with Gasteiger partial charge in [0, 0.05) is 17.8 Å². The molecule has 0 bridgehead atoms. The van der Waals surface area contributed by atoms with Crippen molar-refractivity contribution >= 4 is 63.0 Å². The van der Waals surface area contributed by atoms with E-state index in [1.54, 1.807) is 11.8 Å². The van der Waals surface area contributed by atoms with Crippen LogP contribution >= 0.6 is 34.4 Å². The molecule has 0 aliphatic heterocycles. The first-order chi connectivity index (χ1) is 17.9. The summed E-state index contributed by atoms with van der Waals surface area (Å²) in [5.74, 6) is 0.869. The third-order valence-corrected chi connectivity index (χ3v) is 7.97. The van der Waals surface area contributed by atoms with Crippen molar-refractivity contribution in [2.24, 2.45) is 0 Å². The number of anilines is 3. The Morgan fingerprint density at radius 1 is 0.919 bits per heavy atom. The predicted molar refractivity (Wildman–Crippen MR) is 151 cm³/mol. The molecular formula is C24H26N8O2S3. The highest BCUT2D eigenvalue weighted by molar-refractivity contribution is 7.99. The first kappa shape index (κ1) is 26.5. The van der Waals surface area contributed by atoms with Crippen molar-refractivity contribution in [3.63, 3.8) is 0 Å². The second kappa shape index (κ2) is 12.6. The Kier molecular flexibility index (Phi) is 9.04. The Morgan fingerprint density at radius 3 is 2.22 bits per heavy atom. The maximum absolute atomic E-state index is 12.3. The van der Waals surface area contributed by atoms with Crippen LogP contribution < -0.4 is 20.7 Å². The van der Waals surface area contributed by atoms with Gasteiger partial charge in [-0.25, -0.2) is 4.79 Å². The topological polar surface area (TPSA) is 138 Å². The van der Waals surface area contributed by atoms with E-state index in [1.807, 2.05) is 62.4 Å². The molecule has 0 saturated heterocycles. The van der Waals surface area contributed by atoms with E-state index in [4.69, 9.17) is 10.1 Å². The van der Waals surface area contributed by atoms with E-state index in [0.29, 0.717) is 17.2 Å². The summed E-state index contributed by atoms with van der Waals surface area (Å²) < 4.78 is 5.51. The highest BCUT2D eigenvalue weighted by Gasteiger charge is 2.21. The number of nitrogens with one attached hydrogen (secondary N) is 4. The SMILES string of the molecule is CCSC(Cc1nnc(OC(=N)Nc2ccc(C)cc2)s1)c1nnc(NC(=O)Nc2ccc(C)cc2)s1. The molecule has 0 saturated carbocycles. The third kappa shape index (κ3) is 7.97. The molecular weight excluding hydrogens is 529 g/mol. The Bertz CT molecular complexity index is 1340. The fraction of sp³-hybridized carbons (Fsp3) is 0.250. The number of rotatable bonds is 9. The van der Waals surface area contributed by atoms with E-state index >= 15 is 0 Å². The van der Waals surface area contributed by atoms with Gasteiger partial charge >= 0.3 is 11.2 Å². The number of nitrogens with zero attached hydrogens (tertiary/aromatic N) is 4. The minimum Gasteiger partial charge on any atom is -0.396 e. The molecule has 2 amide bonds. The number of amides is 2. The lowest BCUT2D eigenvalue weighted by atomic mass is 10.2. The van der Waals surface area contributed by atoms with Gasteiger partial charge in [-0.2, -0.15) is 11.8 Å². The fourth-order valence-electron chi connectivity index (χ4n) is 3.13. The minimum atomic E-state index is -0.376. The lowest BCUT2D eigenvalue weighted by Crippen LogP contribution is -2.19. The molecule has 1 unspecified atom stereocenters. The predicted octanol–water partition coefficient (Wildman–Crippen LogP) is 6.11. The zero-order chi connectivity index (χ0) is 26.2. The van der Waals surface area contributed by atoms with Crippen LogP contribution in [-0.4, -0.2) is 38.2 Å². The van der Waals surface area contributed by atoms with Crippen molar-refractivity contribution in [3.05, 3.63) is 69.7 Å². The number of urea groups is 1. The van der Waals surface area contributed by atoms with Crippen molar-refractivity contribution in [2.45, 2.75) is 32.4 Å². The number of aromatic nitrogens is 4.